The Bertz CT molecular complexity index is 288. The van der Waals surface area contributed by atoms with E-state index in [0.717, 1.165) is 26.1 Å². The molecule has 12 heavy (non-hydrogen) atoms. The van der Waals surface area contributed by atoms with Crippen molar-refractivity contribution in [3.05, 3.63) is 17.2 Å². The van der Waals surface area contributed by atoms with E-state index < -0.39 is 0 Å². The Morgan fingerprint density at radius 1 is 1.58 bits per heavy atom. The molecule has 0 aliphatic carbocycles. The topological polar surface area (TPSA) is 29.9 Å². The lowest BCUT2D eigenvalue weighted by molar-refractivity contribution is 0.501. The standard InChI is InChI=1S/C9H15N3/c1-3-9-11-7(2)8-6-10-4-5-12(8)9/h10H,3-6H2,1-2H3. The number of imidazole rings is 1. The molecule has 0 bridgehead atoms. The van der Waals surface area contributed by atoms with Gasteiger partial charge >= 0.3 is 0 Å². The van der Waals surface area contributed by atoms with Crippen molar-refractivity contribution >= 4 is 0 Å². The van der Waals surface area contributed by atoms with Crippen molar-refractivity contribution in [2.24, 2.45) is 0 Å². The van der Waals surface area contributed by atoms with E-state index >= 15 is 0 Å². The summed E-state index contributed by atoms with van der Waals surface area (Å²) in [5, 5.41) is 3.36. The van der Waals surface area contributed by atoms with Crippen LogP contribution in [0.4, 0.5) is 0 Å². The molecule has 0 saturated carbocycles. The minimum Gasteiger partial charge on any atom is -0.329 e. The third kappa shape index (κ3) is 1.05. The Balaban J connectivity index is 2.47. The van der Waals surface area contributed by atoms with Crippen LogP contribution in [0.2, 0.25) is 0 Å². The van der Waals surface area contributed by atoms with Gasteiger partial charge in [-0.05, 0) is 6.92 Å². The minimum absolute atomic E-state index is 0.985. The van der Waals surface area contributed by atoms with Gasteiger partial charge in [0.05, 0.1) is 11.4 Å². The highest BCUT2D eigenvalue weighted by Gasteiger charge is 2.15. The molecular formula is C9H15N3. The first kappa shape index (κ1) is 7.80. The van der Waals surface area contributed by atoms with Gasteiger partial charge in [0.1, 0.15) is 5.82 Å². The summed E-state index contributed by atoms with van der Waals surface area (Å²) in [7, 11) is 0. The zero-order valence-electron chi connectivity index (χ0n) is 7.72. The zero-order chi connectivity index (χ0) is 8.55. The third-order valence-electron chi connectivity index (χ3n) is 2.47. The van der Waals surface area contributed by atoms with Gasteiger partial charge in [0.25, 0.3) is 0 Å². The molecule has 1 aromatic rings. The SMILES string of the molecule is CCc1nc(C)c2n1CCNC2. The zero-order valence-corrected chi connectivity index (χ0v) is 7.72. The van der Waals surface area contributed by atoms with Gasteiger partial charge in [0.2, 0.25) is 0 Å². The van der Waals surface area contributed by atoms with E-state index in [1.54, 1.807) is 0 Å². The number of rotatable bonds is 1. The number of aryl methyl sites for hydroxylation is 2. The minimum atomic E-state index is 0.985. The van der Waals surface area contributed by atoms with Crippen LogP contribution < -0.4 is 5.32 Å². The van der Waals surface area contributed by atoms with Crippen LogP contribution in [0.3, 0.4) is 0 Å². The fourth-order valence-electron chi connectivity index (χ4n) is 1.82. The molecule has 1 aliphatic rings. The molecule has 0 spiro atoms. The maximum absolute atomic E-state index is 4.53. The first-order chi connectivity index (χ1) is 5.83. The van der Waals surface area contributed by atoms with E-state index in [1.165, 1.54) is 17.2 Å². The highest BCUT2D eigenvalue weighted by atomic mass is 15.1. The summed E-state index contributed by atoms with van der Waals surface area (Å²) in [6.45, 7) is 7.41. The Labute approximate surface area is 72.8 Å². The quantitative estimate of drug-likeness (QED) is 0.668. The molecule has 0 radical (unpaired) electrons. The number of nitrogens with zero attached hydrogens (tertiary/aromatic N) is 2. The molecule has 0 fully saturated rings. The molecule has 0 aromatic carbocycles. The Hall–Kier alpha value is -0.830. The lowest BCUT2D eigenvalue weighted by atomic mass is 10.3. The van der Waals surface area contributed by atoms with Crippen LogP contribution in [0.15, 0.2) is 0 Å². The fourth-order valence-corrected chi connectivity index (χ4v) is 1.82. The molecule has 0 saturated heterocycles. The molecule has 3 nitrogen and oxygen atoms in total. The van der Waals surface area contributed by atoms with Crippen molar-refractivity contribution in [1.82, 2.24) is 14.9 Å². The van der Waals surface area contributed by atoms with Gasteiger partial charge in [-0.1, -0.05) is 6.92 Å². The second-order valence-corrected chi connectivity index (χ2v) is 3.24. The lowest BCUT2D eigenvalue weighted by Crippen LogP contribution is -2.28. The van der Waals surface area contributed by atoms with Crippen molar-refractivity contribution in [1.29, 1.82) is 0 Å². The average molecular weight is 165 g/mol. The van der Waals surface area contributed by atoms with Gasteiger partial charge in [-0.25, -0.2) is 4.98 Å². The second-order valence-electron chi connectivity index (χ2n) is 3.24. The maximum atomic E-state index is 4.53. The van der Waals surface area contributed by atoms with Crippen LogP contribution >= 0.6 is 0 Å². The van der Waals surface area contributed by atoms with E-state index in [2.05, 4.69) is 28.7 Å². The predicted molar refractivity (Wildman–Crippen MR) is 48.0 cm³/mol. The van der Waals surface area contributed by atoms with Crippen molar-refractivity contribution in [3.8, 4) is 0 Å². The molecule has 3 heteroatoms. The van der Waals surface area contributed by atoms with Gasteiger partial charge < -0.3 is 9.88 Å². The maximum Gasteiger partial charge on any atom is 0.108 e. The summed E-state index contributed by atoms with van der Waals surface area (Å²) in [5.74, 6) is 1.24. The number of hydrogen-bond donors (Lipinski definition) is 1. The Morgan fingerprint density at radius 2 is 2.42 bits per heavy atom. The Kier molecular flexibility index (Phi) is 1.89. The van der Waals surface area contributed by atoms with Crippen LogP contribution in [-0.4, -0.2) is 16.1 Å². The normalized spacial score (nSPS) is 16.2. The highest BCUT2D eigenvalue weighted by molar-refractivity contribution is 5.17. The predicted octanol–water partition coefficient (Wildman–Crippen LogP) is 0.857. The summed E-state index contributed by atoms with van der Waals surface area (Å²) in [6.07, 6.45) is 1.04. The fraction of sp³-hybridized carbons (Fsp3) is 0.667. The van der Waals surface area contributed by atoms with Crippen LogP contribution in [0, 0.1) is 6.92 Å². The summed E-state index contributed by atoms with van der Waals surface area (Å²) >= 11 is 0. The molecule has 2 rings (SSSR count). The number of fused-ring (bicyclic) bond motifs is 1. The largest absolute Gasteiger partial charge is 0.329 e. The van der Waals surface area contributed by atoms with E-state index in [0.29, 0.717) is 0 Å². The van der Waals surface area contributed by atoms with E-state index in [4.69, 9.17) is 0 Å². The van der Waals surface area contributed by atoms with E-state index in [-0.39, 0.29) is 0 Å². The van der Waals surface area contributed by atoms with Gasteiger partial charge in [-0.3, -0.25) is 0 Å². The average Bonchev–Trinajstić information content (AvgIpc) is 2.44. The molecule has 2 heterocycles. The first-order valence-corrected chi connectivity index (χ1v) is 4.58. The van der Waals surface area contributed by atoms with E-state index in [1.807, 2.05) is 0 Å². The number of aromatic nitrogens is 2. The van der Waals surface area contributed by atoms with Crippen molar-refractivity contribution in [2.75, 3.05) is 6.54 Å². The van der Waals surface area contributed by atoms with Crippen molar-refractivity contribution in [2.45, 2.75) is 33.4 Å². The third-order valence-corrected chi connectivity index (χ3v) is 2.47. The molecule has 66 valence electrons. The van der Waals surface area contributed by atoms with Crippen LogP contribution in [0.25, 0.3) is 0 Å². The smallest absolute Gasteiger partial charge is 0.108 e. The molecule has 1 N–H and O–H groups in total. The van der Waals surface area contributed by atoms with Crippen LogP contribution in [0.1, 0.15) is 24.1 Å². The van der Waals surface area contributed by atoms with Crippen LogP contribution in [-0.2, 0) is 19.5 Å². The van der Waals surface area contributed by atoms with E-state index in [9.17, 15) is 0 Å². The molecule has 1 aliphatic heterocycles. The van der Waals surface area contributed by atoms with Crippen molar-refractivity contribution in [3.63, 3.8) is 0 Å². The summed E-state index contributed by atoms with van der Waals surface area (Å²) < 4.78 is 2.35. The number of nitrogens with one attached hydrogen (secondary N) is 1. The van der Waals surface area contributed by atoms with Gasteiger partial charge in [-0.2, -0.15) is 0 Å². The molecule has 1 aromatic heterocycles. The van der Waals surface area contributed by atoms with Gasteiger partial charge in [-0.15, -0.1) is 0 Å². The van der Waals surface area contributed by atoms with Crippen molar-refractivity contribution < 1.29 is 0 Å². The van der Waals surface area contributed by atoms with Crippen LogP contribution in [0.5, 0.6) is 0 Å². The number of hydrogen-bond acceptors (Lipinski definition) is 2. The lowest BCUT2D eigenvalue weighted by Gasteiger charge is -2.17. The molecule has 0 atom stereocenters. The summed E-state index contributed by atoms with van der Waals surface area (Å²) in [6, 6.07) is 0. The first-order valence-electron chi connectivity index (χ1n) is 4.58. The summed E-state index contributed by atoms with van der Waals surface area (Å²) in [4.78, 5) is 4.53. The molecule has 0 amide bonds. The van der Waals surface area contributed by atoms with Gasteiger partial charge in [0.15, 0.2) is 0 Å². The van der Waals surface area contributed by atoms with Gasteiger partial charge in [0, 0.05) is 26.1 Å². The molecule has 0 unspecified atom stereocenters. The second kappa shape index (κ2) is 2.90. The summed E-state index contributed by atoms with van der Waals surface area (Å²) in [5.41, 5.74) is 2.57. The highest BCUT2D eigenvalue weighted by Crippen LogP contribution is 2.13. The Morgan fingerprint density at radius 3 is 3.17 bits per heavy atom. The monoisotopic (exact) mass is 165 g/mol. The molecular weight excluding hydrogens is 150 g/mol.